The molecule has 0 bridgehead atoms. The van der Waals surface area contributed by atoms with E-state index in [-0.39, 0.29) is 6.04 Å². The Balaban J connectivity index is 2.44. The van der Waals surface area contributed by atoms with Crippen LogP contribution in [0.4, 0.5) is 0 Å². The van der Waals surface area contributed by atoms with Gasteiger partial charge in [0.2, 0.25) is 0 Å². The van der Waals surface area contributed by atoms with E-state index < -0.39 is 0 Å². The first-order chi connectivity index (χ1) is 7.72. The lowest BCUT2D eigenvalue weighted by Crippen LogP contribution is -2.16. The molecule has 0 saturated carbocycles. The molecule has 1 aromatic heterocycles. The average molecular weight is 237 g/mol. The fraction of sp³-hybridized carbons (Fsp3) is 0.273. The first-order valence-corrected chi connectivity index (χ1v) is 5.44. The molecule has 16 heavy (non-hydrogen) atoms. The Hall–Kier alpha value is -1.39. The third kappa shape index (κ3) is 2.08. The molecule has 0 aliphatic carbocycles. The zero-order valence-corrected chi connectivity index (χ0v) is 9.94. The van der Waals surface area contributed by atoms with Crippen molar-refractivity contribution >= 4 is 11.6 Å². The van der Waals surface area contributed by atoms with Gasteiger partial charge in [0.25, 0.3) is 0 Å². The van der Waals surface area contributed by atoms with Crippen molar-refractivity contribution in [2.45, 2.75) is 13.0 Å². The molecule has 4 nitrogen and oxygen atoms in total. The van der Waals surface area contributed by atoms with Gasteiger partial charge >= 0.3 is 0 Å². The molecular weight excluding hydrogens is 224 g/mol. The van der Waals surface area contributed by atoms with Gasteiger partial charge in [-0.3, -0.25) is 0 Å². The number of halogens is 1. The van der Waals surface area contributed by atoms with Crippen LogP contribution in [0, 0.1) is 0 Å². The normalized spacial score (nSPS) is 12.7. The highest BCUT2D eigenvalue weighted by Crippen LogP contribution is 2.18. The van der Waals surface area contributed by atoms with Crippen molar-refractivity contribution < 1.29 is 0 Å². The van der Waals surface area contributed by atoms with Crippen molar-refractivity contribution in [3.8, 4) is 5.69 Å². The van der Waals surface area contributed by atoms with Crippen molar-refractivity contribution in [3.05, 3.63) is 41.2 Å². The van der Waals surface area contributed by atoms with Gasteiger partial charge < -0.3 is 5.32 Å². The lowest BCUT2D eigenvalue weighted by atomic mass is 10.2. The Labute approximate surface area is 99.2 Å². The number of nitrogens with zero attached hydrogens (tertiary/aromatic N) is 3. The van der Waals surface area contributed by atoms with Gasteiger partial charge in [0.15, 0.2) is 0 Å². The third-order valence-electron chi connectivity index (χ3n) is 2.51. The molecule has 5 heteroatoms. The molecule has 2 rings (SSSR count). The molecule has 2 aromatic rings. The first-order valence-electron chi connectivity index (χ1n) is 5.06. The van der Waals surface area contributed by atoms with Crippen molar-refractivity contribution in [2.24, 2.45) is 0 Å². The third-order valence-corrected chi connectivity index (χ3v) is 2.74. The molecule has 1 N–H and O–H groups in total. The molecule has 0 fully saturated rings. The maximum Gasteiger partial charge on any atom is 0.0812 e. The van der Waals surface area contributed by atoms with Gasteiger partial charge in [-0.25, -0.2) is 4.68 Å². The predicted molar refractivity (Wildman–Crippen MR) is 63.8 cm³/mol. The summed E-state index contributed by atoms with van der Waals surface area (Å²) < 4.78 is 1.78. The molecule has 0 saturated heterocycles. The Kier molecular flexibility index (Phi) is 3.22. The molecule has 0 spiro atoms. The number of nitrogens with one attached hydrogen (secondary N) is 1. The standard InChI is InChI=1S/C11H13ClN4/c1-8(13-2)11-7-14-15-16(11)10-5-3-4-9(12)6-10/h3-8,13H,1-2H3. The molecular formula is C11H13ClN4. The van der Waals surface area contributed by atoms with Gasteiger partial charge in [-0.15, -0.1) is 5.10 Å². The predicted octanol–water partition coefficient (Wildman–Crippen LogP) is 2.20. The summed E-state index contributed by atoms with van der Waals surface area (Å²) in [5.41, 5.74) is 1.92. The summed E-state index contributed by atoms with van der Waals surface area (Å²) in [7, 11) is 1.90. The molecule has 0 aliphatic heterocycles. The Morgan fingerprint density at radius 3 is 2.94 bits per heavy atom. The van der Waals surface area contributed by atoms with Crippen LogP contribution in [-0.2, 0) is 0 Å². The molecule has 0 amide bonds. The van der Waals surface area contributed by atoms with E-state index in [0.717, 1.165) is 11.4 Å². The van der Waals surface area contributed by atoms with Gasteiger partial charge in [-0.2, -0.15) is 0 Å². The van der Waals surface area contributed by atoms with Crippen LogP contribution in [0.5, 0.6) is 0 Å². The molecule has 1 atom stereocenters. The van der Waals surface area contributed by atoms with E-state index >= 15 is 0 Å². The van der Waals surface area contributed by atoms with Crippen LogP contribution in [0.2, 0.25) is 5.02 Å². The van der Waals surface area contributed by atoms with Crippen molar-refractivity contribution in [3.63, 3.8) is 0 Å². The largest absolute Gasteiger partial charge is 0.312 e. The summed E-state index contributed by atoms with van der Waals surface area (Å²) in [6, 6.07) is 7.74. The summed E-state index contributed by atoms with van der Waals surface area (Å²) in [5.74, 6) is 0. The number of hydrogen-bond acceptors (Lipinski definition) is 3. The van der Waals surface area contributed by atoms with Gasteiger partial charge in [0.1, 0.15) is 0 Å². The van der Waals surface area contributed by atoms with E-state index in [0.29, 0.717) is 5.02 Å². The highest BCUT2D eigenvalue weighted by Gasteiger charge is 2.11. The highest BCUT2D eigenvalue weighted by molar-refractivity contribution is 6.30. The SMILES string of the molecule is CNC(C)c1cnnn1-c1cccc(Cl)c1. The Bertz CT molecular complexity index is 480. The molecule has 0 radical (unpaired) electrons. The summed E-state index contributed by atoms with van der Waals surface area (Å²) in [6.45, 7) is 2.06. The van der Waals surface area contributed by atoms with Crippen LogP contribution in [0.3, 0.4) is 0 Å². The second-order valence-electron chi connectivity index (χ2n) is 3.56. The van der Waals surface area contributed by atoms with Crippen LogP contribution in [0.25, 0.3) is 5.69 Å². The van der Waals surface area contributed by atoms with E-state index in [2.05, 4.69) is 22.6 Å². The first kappa shape index (κ1) is 11.1. The zero-order chi connectivity index (χ0) is 11.5. The van der Waals surface area contributed by atoms with Crippen LogP contribution >= 0.6 is 11.6 Å². The van der Waals surface area contributed by atoms with Gasteiger partial charge in [-0.05, 0) is 32.2 Å². The van der Waals surface area contributed by atoms with Crippen LogP contribution < -0.4 is 5.32 Å². The lowest BCUT2D eigenvalue weighted by molar-refractivity contribution is 0.602. The molecule has 84 valence electrons. The fourth-order valence-corrected chi connectivity index (χ4v) is 1.68. The monoisotopic (exact) mass is 236 g/mol. The molecule has 1 aromatic carbocycles. The average Bonchev–Trinajstić information content (AvgIpc) is 2.77. The number of aromatic nitrogens is 3. The van der Waals surface area contributed by atoms with E-state index in [1.807, 2.05) is 31.3 Å². The quantitative estimate of drug-likeness (QED) is 0.889. The van der Waals surface area contributed by atoms with Crippen LogP contribution in [0.1, 0.15) is 18.7 Å². The van der Waals surface area contributed by atoms with Gasteiger partial charge in [-0.1, -0.05) is 22.9 Å². The number of rotatable bonds is 3. The minimum absolute atomic E-state index is 0.189. The number of hydrogen-bond donors (Lipinski definition) is 1. The summed E-state index contributed by atoms with van der Waals surface area (Å²) >= 11 is 5.95. The van der Waals surface area contributed by atoms with E-state index in [4.69, 9.17) is 11.6 Å². The van der Waals surface area contributed by atoms with Crippen LogP contribution in [-0.4, -0.2) is 22.0 Å². The molecule has 0 aliphatic rings. The minimum atomic E-state index is 0.189. The summed E-state index contributed by atoms with van der Waals surface area (Å²) in [5, 5.41) is 11.8. The summed E-state index contributed by atoms with van der Waals surface area (Å²) in [4.78, 5) is 0. The van der Waals surface area contributed by atoms with E-state index in [1.165, 1.54) is 0 Å². The molecule has 1 heterocycles. The second-order valence-corrected chi connectivity index (χ2v) is 4.00. The lowest BCUT2D eigenvalue weighted by Gasteiger charge is -2.12. The van der Waals surface area contributed by atoms with Crippen molar-refractivity contribution in [1.82, 2.24) is 20.3 Å². The maximum absolute atomic E-state index is 5.95. The van der Waals surface area contributed by atoms with E-state index in [1.54, 1.807) is 10.9 Å². The van der Waals surface area contributed by atoms with Gasteiger partial charge in [0, 0.05) is 11.1 Å². The molecule has 1 unspecified atom stereocenters. The Morgan fingerprint density at radius 1 is 1.44 bits per heavy atom. The maximum atomic E-state index is 5.95. The van der Waals surface area contributed by atoms with E-state index in [9.17, 15) is 0 Å². The zero-order valence-electron chi connectivity index (χ0n) is 9.18. The second kappa shape index (κ2) is 4.63. The number of benzene rings is 1. The Morgan fingerprint density at radius 2 is 2.25 bits per heavy atom. The van der Waals surface area contributed by atoms with Gasteiger partial charge in [0.05, 0.1) is 17.6 Å². The smallest absolute Gasteiger partial charge is 0.0812 e. The van der Waals surface area contributed by atoms with Crippen LogP contribution in [0.15, 0.2) is 30.5 Å². The van der Waals surface area contributed by atoms with Crippen molar-refractivity contribution in [1.29, 1.82) is 0 Å². The minimum Gasteiger partial charge on any atom is -0.312 e. The van der Waals surface area contributed by atoms with Crippen molar-refractivity contribution in [2.75, 3.05) is 7.05 Å². The highest BCUT2D eigenvalue weighted by atomic mass is 35.5. The topological polar surface area (TPSA) is 42.7 Å². The fourth-order valence-electron chi connectivity index (χ4n) is 1.49. The summed E-state index contributed by atoms with van der Waals surface area (Å²) in [6.07, 6.45) is 1.75.